The summed E-state index contributed by atoms with van der Waals surface area (Å²) < 4.78 is 6.20. The fourth-order valence-electron chi connectivity index (χ4n) is 1.97. The summed E-state index contributed by atoms with van der Waals surface area (Å²) in [5.74, 6) is -0.544. The molecule has 0 aromatic carbocycles. The quantitative estimate of drug-likeness (QED) is 0.810. The number of rotatable bonds is 5. The third kappa shape index (κ3) is 2.83. The van der Waals surface area contributed by atoms with Gasteiger partial charge in [-0.15, -0.1) is 5.10 Å². The molecule has 0 fully saturated rings. The number of ether oxygens (including phenoxy) is 1. The van der Waals surface area contributed by atoms with Crippen LogP contribution in [0.4, 0.5) is 0 Å². The summed E-state index contributed by atoms with van der Waals surface area (Å²) in [6.45, 7) is 2.00. The summed E-state index contributed by atoms with van der Waals surface area (Å²) in [5, 5.41) is 4.16. The molecule has 2 heterocycles. The molecule has 20 heavy (non-hydrogen) atoms. The molecule has 0 saturated heterocycles. The minimum absolute atomic E-state index is 0.0230. The lowest BCUT2D eigenvalue weighted by Gasteiger charge is -2.23. The van der Waals surface area contributed by atoms with Crippen molar-refractivity contribution in [2.75, 3.05) is 7.11 Å². The molecule has 0 radical (unpaired) electrons. The summed E-state index contributed by atoms with van der Waals surface area (Å²) in [4.78, 5) is 19.4. The largest absolute Gasteiger partial charge is 0.463 e. The average molecular weight is 275 g/mol. The molecule has 2 rings (SSSR count). The molecule has 0 saturated carbocycles. The van der Waals surface area contributed by atoms with E-state index in [1.54, 1.807) is 17.1 Å². The molecule has 0 aliphatic heterocycles. The highest BCUT2D eigenvalue weighted by Gasteiger charge is 2.23. The van der Waals surface area contributed by atoms with Crippen molar-refractivity contribution >= 4 is 5.97 Å². The van der Waals surface area contributed by atoms with Gasteiger partial charge < -0.3 is 10.5 Å². The molecule has 2 atom stereocenters. The first-order valence-electron chi connectivity index (χ1n) is 6.32. The first-order valence-corrected chi connectivity index (χ1v) is 6.32. The van der Waals surface area contributed by atoms with E-state index >= 15 is 0 Å². The standard InChI is InChI=1S/C13H17N5O2/c1-3-10(14)11(9-4-6-15-7-5-9)18-8-16-12(17-18)13(19)20-2/h4-8,10-11H,3,14H2,1-2H3. The van der Waals surface area contributed by atoms with Crippen LogP contribution < -0.4 is 5.73 Å². The lowest BCUT2D eigenvalue weighted by Crippen LogP contribution is -2.33. The molecule has 106 valence electrons. The molecule has 2 N–H and O–H groups in total. The van der Waals surface area contributed by atoms with E-state index in [1.807, 2.05) is 19.1 Å². The summed E-state index contributed by atoms with van der Waals surface area (Å²) in [6.07, 6.45) is 5.65. The highest BCUT2D eigenvalue weighted by Crippen LogP contribution is 2.21. The predicted octanol–water partition coefficient (Wildman–Crippen LogP) is 0.786. The van der Waals surface area contributed by atoms with Crippen LogP contribution in [0.25, 0.3) is 0 Å². The fourth-order valence-corrected chi connectivity index (χ4v) is 1.97. The van der Waals surface area contributed by atoms with Crippen LogP contribution in [0.15, 0.2) is 30.9 Å². The average Bonchev–Trinajstić information content (AvgIpc) is 2.97. The Morgan fingerprint density at radius 3 is 2.75 bits per heavy atom. The van der Waals surface area contributed by atoms with E-state index in [-0.39, 0.29) is 17.9 Å². The summed E-state index contributed by atoms with van der Waals surface area (Å²) in [6, 6.07) is 3.40. The van der Waals surface area contributed by atoms with Gasteiger partial charge >= 0.3 is 5.97 Å². The van der Waals surface area contributed by atoms with Crippen LogP contribution in [-0.4, -0.2) is 38.9 Å². The fraction of sp³-hybridized carbons (Fsp3) is 0.385. The van der Waals surface area contributed by atoms with Gasteiger partial charge in [0.05, 0.1) is 13.2 Å². The maximum Gasteiger partial charge on any atom is 0.377 e. The van der Waals surface area contributed by atoms with Crippen molar-refractivity contribution < 1.29 is 9.53 Å². The van der Waals surface area contributed by atoms with Gasteiger partial charge in [0.1, 0.15) is 6.33 Å². The molecular formula is C13H17N5O2. The van der Waals surface area contributed by atoms with Gasteiger partial charge in [-0.1, -0.05) is 6.92 Å². The van der Waals surface area contributed by atoms with Gasteiger partial charge in [-0.25, -0.2) is 14.5 Å². The number of methoxy groups -OCH3 is 1. The SMILES string of the molecule is CCC(N)C(c1ccncc1)n1cnc(C(=O)OC)n1. The number of pyridine rings is 1. The van der Waals surface area contributed by atoms with Crippen molar-refractivity contribution in [1.82, 2.24) is 19.7 Å². The predicted molar refractivity (Wildman–Crippen MR) is 72.0 cm³/mol. The Morgan fingerprint density at radius 1 is 1.45 bits per heavy atom. The van der Waals surface area contributed by atoms with Crippen LogP contribution in [0.2, 0.25) is 0 Å². The Morgan fingerprint density at radius 2 is 2.15 bits per heavy atom. The van der Waals surface area contributed by atoms with Gasteiger partial charge in [0.15, 0.2) is 0 Å². The second-order valence-corrected chi connectivity index (χ2v) is 4.34. The molecule has 7 heteroatoms. The van der Waals surface area contributed by atoms with Crippen molar-refractivity contribution in [2.24, 2.45) is 5.73 Å². The van der Waals surface area contributed by atoms with Crippen LogP contribution >= 0.6 is 0 Å². The van der Waals surface area contributed by atoms with E-state index in [2.05, 4.69) is 19.8 Å². The molecule has 0 spiro atoms. The van der Waals surface area contributed by atoms with Gasteiger partial charge in [-0.3, -0.25) is 4.98 Å². The van der Waals surface area contributed by atoms with Crippen LogP contribution in [0.1, 0.15) is 35.6 Å². The summed E-state index contributed by atoms with van der Waals surface area (Å²) >= 11 is 0. The van der Waals surface area contributed by atoms with E-state index in [9.17, 15) is 4.79 Å². The van der Waals surface area contributed by atoms with Gasteiger partial charge in [0.25, 0.3) is 5.82 Å². The van der Waals surface area contributed by atoms with Crippen LogP contribution in [0, 0.1) is 0 Å². The van der Waals surface area contributed by atoms with Crippen LogP contribution in [-0.2, 0) is 4.74 Å². The smallest absolute Gasteiger partial charge is 0.377 e. The number of hydrogen-bond acceptors (Lipinski definition) is 6. The molecule has 0 amide bonds. The van der Waals surface area contributed by atoms with E-state index in [0.29, 0.717) is 0 Å². The second-order valence-electron chi connectivity index (χ2n) is 4.34. The first kappa shape index (κ1) is 14.1. The zero-order valence-corrected chi connectivity index (χ0v) is 11.4. The third-order valence-electron chi connectivity index (χ3n) is 3.09. The van der Waals surface area contributed by atoms with Gasteiger partial charge in [0.2, 0.25) is 0 Å². The molecule has 7 nitrogen and oxygen atoms in total. The number of nitrogens with zero attached hydrogens (tertiary/aromatic N) is 4. The Hall–Kier alpha value is -2.28. The number of aromatic nitrogens is 4. The Labute approximate surface area is 116 Å². The van der Waals surface area contributed by atoms with Crippen molar-refractivity contribution in [3.05, 3.63) is 42.2 Å². The van der Waals surface area contributed by atoms with E-state index in [0.717, 1.165) is 12.0 Å². The lowest BCUT2D eigenvalue weighted by atomic mass is 9.99. The zero-order valence-electron chi connectivity index (χ0n) is 11.4. The first-order chi connectivity index (χ1) is 9.67. The molecule has 2 aromatic heterocycles. The number of hydrogen-bond donors (Lipinski definition) is 1. The monoisotopic (exact) mass is 275 g/mol. The van der Waals surface area contributed by atoms with Crippen molar-refractivity contribution in [2.45, 2.75) is 25.4 Å². The minimum Gasteiger partial charge on any atom is -0.463 e. The highest BCUT2D eigenvalue weighted by molar-refractivity contribution is 5.84. The van der Waals surface area contributed by atoms with Crippen LogP contribution in [0.5, 0.6) is 0 Å². The summed E-state index contributed by atoms with van der Waals surface area (Å²) in [7, 11) is 1.29. The molecule has 0 aliphatic rings. The van der Waals surface area contributed by atoms with Gasteiger partial charge in [0, 0.05) is 18.4 Å². The minimum atomic E-state index is -0.567. The van der Waals surface area contributed by atoms with E-state index < -0.39 is 5.97 Å². The molecule has 0 bridgehead atoms. The maximum absolute atomic E-state index is 11.4. The molecule has 0 aliphatic carbocycles. The van der Waals surface area contributed by atoms with E-state index in [1.165, 1.54) is 13.4 Å². The highest BCUT2D eigenvalue weighted by atomic mass is 16.5. The van der Waals surface area contributed by atoms with Crippen LogP contribution in [0.3, 0.4) is 0 Å². The molecule has 2 unspecified atom stereocenters. The van der Waals surface area contributed by atoms with Crippen molar-refractivity contribution in [3.63, 3.8) is 0 Å². The van der Waals surface area contributed by atoms with Crippen molar-refractivity contribution in [1.29, 1.82) is 0 Å². The number of carbonyl (C=O) groups excluding carboxylic acids is 1. The third-order valence-corrected chi connectivity index (χ3v) is 3.09. The topological polar surface area (TPSA) is 95.9 Å². The Kier molecular flexibility index (Phi) is 4.41. The molecule has 2 aromatic rings. The van der Waals surface area contributed by atoms with Gasteiger partial charge in [-0.2, -0.15) is 0 Å². The number of nitrogens with two attached hydrogens (primary N) is 1. The number of carbonyl (C=O) groups is 1. The molecular weight excluding hydrogens is 258 g/mol. The normalized spacial score (nSPS) is 13.8. The summed E-state index contributed by atoms with van der Waals surface area (Å²) in [5.41, 5.74) is 7.14. The van der Waals surface area contributed by atoms with Gasteiger partial charge in [-0.05, 0) is 24.1 Å². The van der Waals surface area contributed by atoms with Crippen molar-refractivity contribution in [3.8, 4) is 0 Å². The Bertz CT molecular complexity index is 569. The lowest BCUT2D eigenvalue weighted by molar-refractivity contribution is 0.0586. The number of esters is 1. The second kappa shape index (κ2) is 6.25. The Balaban J connectivity index is 2.37. The maximum atomic E-state index is 11.4. The van der Waals surface area contributed by atoms with E-state index in [4.69, 9.17) is 5.73 Å². The zero-order chi connectivity index (χ0) is 14.5.